The maximum Gasteiger partial charge on any atom is 0.243 e. The number of benzene rings is 2. The molecule has 5 heteroatoms. The van der Waals surface area contributed by atoms with E-state index in [1.165, 1.54) is 6.08 Å². The Morgan fingerprint density at radius 1 is 1.05 bits per heavy atom. The van der Waals surface area contributed by atoms with Gasteiger partial charge in [0.1, 0.15) is 18.1 Å². The number of aromatic hydroxyl groups is 1. The molecule has 206 valence electrons. The number of carbonyl (C=O) groups excluding carboxylic acids is 1. The Morgan fingerprint density at radius 2 is 1.63 bits per heavy atom. The maximum atomic E-state index is 10.7. The maximum absolute atomic E-state index is 10.7. The fourth-order valence-electron chi connectivity index (χ4n) is 2.62. The average molecular weight is 519 g/mol. The molecule has 38 heavy (non-hydrogen) atoms. The van der Waals surface area contributed by atoms with Gasteiger partial charge in [-0.15, -0.1) is 0 Å². The summed E-state index contributed by atoms with van der Waals surface area (Å²) in [5.74, 6) is 0.991. The molecule has 2 aromatic carbocycles. The van der Waals surface area contributed by atoms with Gasteiger partial charge < -0.3 is 20.1 Å². The number of hydrogen-bond donors (Lipinski definition) is 2. The summed E-state index contributed by atoms with van der Waals surface area (Å²) < 4.78 is 5.66. The molecule has 0 heterocycles. The van der Waals surface area contributed by atoms with Crippen molar-refractivity contribution in [2.24, 2.45) is 0 Å². The number of hydrogen-bond acceptors (Lipinski definition) is 4. The summed E-state index contributed by atoms with van der Waals surface area (Å²) in [7, 11) is 2.03. The van der Waals surface area contributed by atoms with Crippen molar-refractivity contribution in [3.8, 4) is 11.5 Å². The smallest absolute Gasteiger partial charge is 0.243 e. The van der Waals surface area contributed by atoms with Gasteiger partial charge in [0.25, 0.3) is 0 Å². The molecular formula is C33H46N2O3. The number of amides is 1. The molecule has 0 bridgehead atoms. The van der Waals surface area contributed by atoms with Gasteiger partial charge in [-0.3, -0.25) is 4.79 Å². The summed E-state index contributed by atoms with van der Waals surface area (Å²) >= 11 is 0. The van der Waals surface area contributed by atoms with Crippen LogP contribution in [0.5, 0.6) is 11.5 Å². The minimum absolute atomic E-state index is 0.104. The van der Waals surface area contributed by atoms with Crippen molar-refractivity contribution >= 4 is 11.5 Å². The van der Waals surface area contributed by atoms with E-state index in [9.17, 15) is 9.90 Å². The summed E-state index contributed by atoms with van der Waals surface area (Å²) in [6, 6.07) is 15.4. The van der Waals surface area contributed by atoms with Gasteiger partial charge in [-0.25, -0.2) is 0 Å². The zero-order valence-electron chi connectivity index (χ0n) is 24.1. The zero-order valence-corrected chi connectivity index (χ0v) is 24.1. The van der Waals surface area contributed by atoms with E-state index in [-0.39, 0.29) is 11.7 Å². The lowest BCUT2D eigenvalue weighted by Gasteiger charge is -2.20. The fourth-order valence-corrected chi connectivity index (χ4v) is 2.62. The Kier molecular flexibility index (Phi) is 17.4. The van der Waals surface area contributed by atoms with Crippen molar-refractivity contribution in [3.63, 3.8) is 0 Å². The molecule has 0 atom stereocenters. The summed E-state index contributed by atoms with van der Waals surface area (Å²) in [4.78, 5) is 12.9. The molecule has 2 aromatic rings. The monoisotopic (exact) mass is 518 g/mol. The number of rotatable bonds is 11. The minimum atomic E-state index is -0.104. The molecule has 0 aliphatic carbocycles. The van der Waals surface area contributed by atoms with E-state index >= 15 is 0 Å². The Hall–Kier alpha value is -3.83. The van der Waals surface area contributed by atoms with Crippen molar-refractivity contribution < 1.29 is 14.6 Å². The molecule has 2 N–H and O–H groups in total. The van der Waals surface area contributed by atoms with Crippen LogP contribution in [0.2, 0.25) is 0 Å². The molecule has 0 spiro atoms. The zero-order chi connectivity index (χ0) is 29.1. The number of nitrogens with one attached hydrogen (secondary N) is 1. The molecule has 5 nitrogen and oxygen atoms in total. The van der Waals surface area contributed by atoms with E-state index in [1.54, 1.807) is 12.1 Å². The first-order valence-electron chi connectivity index (χ1n) is 12.7. The van der Waals surface area contributed by atoms with Gasteiger partial charge in [0.15, 0.2) is 0 Å². The van der Waals surface area contributed by atoms with Crippen LogP contribution < -0.4 is 10.1 Å². The second-order valence-electron chi connectivity index (χ2n) is 9.13. The van der Waals surface area contributed by atoms with Gasteiger partial charge >= 0.3 is 0 Å². The number of allylic oxidation sites excluding steroid dienone is 5. The highest BCUT2D eigenvalue weighted by molar-refractivity contribution is 5.86. The molecule has 0 aromatic heterocycles. The summed E-state index contributed by atoms with van der Waals surface area (Å²) in [6.45, 7) is 26.9. The van der Waals surface area contributed by atoms with Gasteiger partial charge in [-0.2, -0.15) is 0 Å². The van der Waals surface area contributed by atoms with E-state index in [4.69, 9.17) is 4.74 Å². The van der Waals surface area contributed by atoms with Crippen LogP contribution in [0.4, 0.5) is 0 Å². The number of phenolic OH excluding ortho intramolecular Hbond substituents is 1. The lowest BCUT2D eigenvalue weighted by atomic mass is 10.1. The predicted molar refractivity (Wildman–Crippen MR) is 163 cm³/mol. The van der Waals surface area contributed by atoms with E-state index in [0.717, 1.165) is 40.1 Å². The third-order valence-corrected chi connectivity index (χ3v) is 5.44. The average Bonchev–Trinajstić information content (AvgIpc) is 2.89. The normalized spacial score (nSPS) is 10.1. The topological polar surface area (TPSA) is 61.8 Å². The first kappa shape index (κ1) is 34.2. The van der Waals surface area contributed by atoms with Crippen molar-refractivity contribution in [1.82, 2.24) is 10.2 Å². The van der Waals surface area contributed by atoms with Gasteiger partial charge in [0.2, 0.25) is 5.91 Å². The molecule has 2 rings (SSSR count). The second kappa shape index (κ2) is 19.3. The van der Waals surface area contributed by atoms with Crippen molar-refractivity contribution in [1.29, 1.82) is 0 Å². The largest absolute Gasteiger partial charge is 0.508 e. The lowest BCUT2D eigenvalue weighted by Crippen LogP contribution is -2.35. The highest BCUT2D eigenvalue weighted by Gasteiger charge is 2.02. The number of phenols is 1. The van der Waals surface area contributed by atoms with Crippen molar-refractivity contribution in [2.75, 3.05) is 20.1 Å². The predicted octanol–water partition coefficient (Wildman–Crippen LogP) is 7.33. The van der Waals surface area contributed by atoms with Crippen LogP contribution in [-0.4, -0.2) is 42.1 Å². The molecule has 0 saturated heterocycles. The highest BCUT2D eigenvalue weighted by Crippen LogP contribution is 2.18. The molecule has 0 saturated carbocycles. The van der Waals surface area contributed by atoms with E-state index in [2.05, 4.69) is 50.4 Å². The fraction of sp³-hybridized carbons (Fsp3) is 0.303. The van der Waals surface area contributed by atoms with E-state index in [0.29, 0.717) is 19.2 Å². The minimum Gasteiger partial charge on any atom is -0.508 e. The Morgan fingerprint density at radius 3 is 2.05 bits per heavy atom. The third kappa shape index (κ3) is 16.0. The van der Waals surface area contributed by atoms with Crippen LogP contribution in [0.1, 0.15) is 45.7 Å². The first-order valence-corrected chi connectivity index (χ1v) is 12.7. The SMILES string of the molecule is C=C(C)C(=C)/C=C\C.C=C(C)c1ccc(OCc2ccc(O)cc2)cc1.C=CC(=O)NCCN(C)C(C)C. The lowest BCUT2D eigenvalue weighted by molar-refractivity contribution is -0.116. The standard InChI is InChI=1S/C16H16O2.C9H18N2O.C8H12/c1-12(2)14-5-9-16(10-6-14)18-11-13-3-7-15(17)8-4-13;1-5-9(12)10-6-7-11(4)8(2)3;1-5-6-8(4)7(2)3/h3-10,17H,1,11H2,2H3;5,8H,1,6-7H2,2-4H3,(H,10,12);5-6H,2,4H2,1,3H3/b;;6-5-. The second-order valence-corrected chi connectivity index (χ2v) is 9.13. The third-order valence-electron chi connectivity index (χ3n) is 5.44. The molecule has 0 fully saturated rings. The van der Waals surface area contributed by atoms with Crippen LogP contribution in [0.3, 0.4) is 0 Å². The molecule has 0 aliphatic heterocycles. The number of carbonyl (C=O) groups is 1. The Balaban J connectivity index is 0.000000594. The van der Waals surface area contributed by atoms with Gasteiger partial charge in [-0.1, -0.05) is 73.9 Å². The van der Waals surface area contributed by atoms with E-state index < -0.39 is 0 Å². The highest BCUT2D eigenvalue weighted by atomic mass is 16.5. The van der Waals surface area contributed by atoms with Crippen LogP contribution in [0.25, 0.3) is 5.57 Å². The molecular weight excluding hydrogens is 472 g/mol. The van der Waals surface area contributed by atoms with Crippen LogP contribution >= 0.6 is 0 Å². The quantitative estimate of drug-likeness (QED) is 0.241. The summed E-state index contributed by atoms with van der Waals surface area (Å²) in [6.07, 6.45) is 5.19. The van der Waals surface area contributed by atoms with Gasteiger partial charge in [-0.05, 0) is 88.7 Å². The number of likely N-dealkylation sites (N-methyl/N-ethyl adjacent to an activating group) is 1. The Labute approximate surface area is 230 Å². The molecule has 0 aliphatic rings. The number of ether oxygens (including phenoxy) is 1. The van der Waals surface area contributed by atoms with Crippen LogP contribution in [0, 0.1) is 0 Å². The van der Waals surface area contributed by atoms with Crippen LogP contribution in [-0.2, 0) is 11.4 Å². The first-order chi connectivity index (χ1) is 17.9. The van der Waals surface area contributed by atoms with E-state index in [1.807, 2.05) is 76.4 Å². The molecule has 0 radical (unpaired) electrons. The number of nitrogens with zero attached hydrogens (tertiary/aromatic N) is 1. The molecule has 1 amide bonds. The van der Waals surface area contributed by atoms with Crippen LogP contribution in [0.15, 0.2) is 104 Å². The molecule has 0 unspecified atom stereocenters. The van der Waals surface area contributed by atoms with Gasteiger partial charge in [0.05, 0.1) is 0 Å². The Bertz CT molecular complexity index is 1050. The summed E-state index contributed by atoms with van der Waals surface area (Å²) in [5.41, 5.74) is 5.22. The van der Waals surface area contributed by atoms with Gasteiger partial charge in [0, 0.05) is 19.1 Å². The summed E-state index contributed by atoms with van der Waals surface area (Å²) in [5, 5.41) is 11.9. The van der Waals surface area contributed by atoms with Crippen molar-refractivity contribution in [3.05, 3.63) is 115 Å². The van der Waals surface area contributed by atoms with Crippen molar-refractivity contribution in [2.45, 2.75) is 47.3 Å².